The summed E-state index contributed by atoms with van der Waals surface area (Å²) in [6, 6.07) is 0. The largest absolute Gasteiger partial charge is 0.304 e. The molecule has 0 heterocycles. The first-order chi connectivity index (χ1) is 18.9. The van der Waals surface area contributed by atoms with Gasteiger partial charge in [-0.2, -0.15) is 0 Å². The van der Waals surface area contributed by atoms with Crippen LogP contribution in [0.5, 0.6) is 0 Å². The quantitative estimate of drug-likeness (QED) is 0.0777. The van der Waals surface area contributed by atoms with Crippen LogP contribution in [0.15, 0.2) is 0 Å². The Morgan fingerprint density at radius 2 is 0.718 bits per heavy atom. The van der Waals surface area contributed by atoms with Crippen LogP contribution < -0.4 is 0 Å². The molecule has 0 aliphatic heterocycles. The third-order valence-corrected chi connectivity index (χ3v) is 9.48. The molecule has 0 spiro atoms. The fraction of sp³-hybridized carbons (Fsp3) is 1.00. The van der Waals surface area contributed by atoms with Crippen molar-refractivity contribution in [3.63, 3.8) is 0 Å². The Labute approximate surface area is 250 Å². The average Bonchev–Trinajstić information content (AvgIpc) is 2.90. The van der Waals surface area contributed by atoms with Gasteiger partial charge in [-0.05, 0) is 56.1 Å². The molecule has 0 amide bonds. The summed E-state index contributed by atoms with van der Waals surface area (Å²) in [7, 11) is 0. The van der Waals surface area contributed by atoms with E-state index in [2.05, 4.69) is 53.4 Å². The summed E-state index contributed by atoms with van der Waals surface area (Å²) < 4.78 is 0. The van der Waals surface area contributed by atoms with Gasteiger partial charge in [-0.3, -0.25) is 0 Å². The van der Waals surface area contributed by atoms with Crippen LogP contribution in [0, 0.1) is 23.7 Å². The molecule has 0 bridgehead atoms. The molecule has 0 N–H and O–H groups in total. The summed E-state index contributed by atoms with van der Waals surface area (Å²) in [6.07, 6.45) is 34.7. The van der Waals surface area contributed by atoms with Crippen LogP contribution in [-0.4, -0.2) is 24.5 Å². The first-order valence-corrected chi connectivity index (χ1v) is 18.6. The Bertz CT molecular complexity index is 458. The van der Waals surface area contributed by atoms with E-state index in [0.717, 1.165) is 23.7 Å². The monoisotopic (exact) mass is 550 g/mol. The van der Waals surface area contributed by atoms with E-state index < -0.39 is 0 Å². The molecule has 0 saturated carbocycles. The Morgan fingerprint density at radius 1 is 0.359 bits per heavy atom. The molecule has 3 atom stereocenters. The summed E-state index contributed by atoms with van der Waals surface area (Å²) in [5.41, 5.74) is 0. The van der Waals surface area contributed by atoms with Gasteiger partial charge >= 0.3 is 0 Å². The van der Waals surface area contributed by atoms with Crippen LogP contribution in [0.4, 0.5) is 0 Å². The van der Waals surface area contributed by atoms with Crippen molar-refractivity contribution >= 4 is 0 Å². The highest BCUT2D eigenvalue weighted by atomic mass is 15.1. The number of nitrogens with zero attached hydrogens (tertiary/aromatic N) is 1. The molecule has 0 aliphatic carbocycles. The minimum absolute atomic E-state index is 0.874. The molecule has 0 radical (unpaired) electrons. The van der Waals surface area contributed by atoms with Gasteiger partial charge < -0.3 is 4.90 Å². The topological polar surface area (TPSA) is 3.24 Å². The molecule has 3 unspecified atom stereocenters. The predicted octanol–water partition coefficient (Wildman–Crippen LogP) is 13.3. The van der Waals surface area contributed by atoms with Gasteiger partial charge in [0.15, 0.2) is 0 Å². The van der Waals surface area contributed by atoms with Crippen molar-refractivity contribution in [1.82, 2.24) is 4.90 Å². The van der Waals surface area contributed by atoms with Crippen molar-refractivity contribution in [3.8, 4) is 0 Å². The van der Waals surface area contributed by atoms with Gasteiger partial charge in [0.2, 0.25) is 0 Å². The van der Waals surface area contributed by atoms with E-state index in [1.54, 1.807) is 0 Å². The lowest BCUT2D eigenvalue weighted by Gasteiger charge is -2.22. The molecule has 0 aliphatic rings. The summed E-state index contributed by atoms with van der Waals surface area (Å²) in [4.78, 5) is 2.72. The van der Waals surface area contributed by atoms with Crippen molar-refractivity contribution in [2.24, 2.45) is 23.7 Å². The Kier molecular flexibility index (Phi) is 29.4. The maximum absolute atomic E-state index is 2.72. The molecule has 0 aromatic heterocycles. The van der Waals surface area contributed by atoms with E-state index in [1.165, 1.54) is 174 Å². The zero-order valence-corrected chi connectivity index (χ0v) is 28.8. The average molecular weight is 550 g/mol. The zero-order chi connectivity index (χ0) is 29.0. The molecule has 1 heteroatoms. The maximum atomic E-state index is 2.72. The van der Waals surface area contributed by atoms with Crippen LogP contribution >= 0.6 is 0 Å². The summed E-state index contributed by atoms with van der Waals surface area (Å²) >= 11 is 0. The number of rotatable bonds is 31. The van der Waals surface area contributed by atoms with Crippen LogP contribution in [0.25, 0.3) is 0 Å². The van der Waals surface area contributed by atoms with E-state index >= 15 is 0 Å². The minimum atomic E-state index is 0.874. The maximum Gasteiger partial charge on any atom is -0.00163 e. The minimum Gasteiger partial charge on any atom is -0.304 e. The van der Waals surface area contributed by atoms with Gasteiger partial charge in [-0.1, -0.05) is 190 Å². The molecular formula is C38H79N. The van der Waals surface area contributed by atoms with Crippen molar-refractivity contribution in [1.29, 1.82) is 0 Å². The Morgan fingerprint density at radius 3 is 1.10 bits per heavy atom. The van der Waals surface area contributed by atoms with Crippen LogP contribution in [-0.2, 0) is 0 Å². The Balaban J connectivity index is 3.58. The highest BCUT2D eigenvalue weighted by molar-refractivity contribution is 4.64. The summed E-state index contributed by atoms with van der Waals surface area (Å²) in [5.74, 6) is 3.62. The first-order valence-electron chi connectivity index (χ1n) is 18.6. The van der Waals surface area contributed by atoms with Gasteiger partial charge in [-0.15, -0.1) is 0 Å². The first kappa shape index (κ1) is 39.0. The predicted molar refractivity (Wildman–Crippen MR) is 181 cm³/mol. The standard InChI is InChI=1S/C38H79N/c1-8-10-11-12-13-14-15-16-17-18-19-20-21-22-33-39(9-2)34-32-38(7)31-25-30-37(6)29-24-28-36(5)27-23-26-35(3)4/h35-38H,8-34H2,1-7H3. The fourth-order valence-electron chi connectivity index (χ4n) is 6.30. The summed E-state index contributed by atoms with van der Waals surface area (Å²) in [6.45, 7) is 20.7. The summed E-state index contributed by atoms with van der Waals surface area (Å²) in [5, 5.41) is 0. The molecule has 0 aromatic rings. The van der Waals surface area contributed by atoms with Crippen molar-refractivity contribution < 1.29 is 0 Å². The Hall–Kier alpha value is -0.0400. The van der Waals surface area contributed by atoms with Crippen LogP contribution in [0.2, 0.25) is 0 Å². The van der Waals surface area contributed by atoms with Crippen molar-refractivity contribution in [2.75, 3.05) is 19.6 Å². The van der Waals surface area contributed by atoms with Crippen LogP contribution in [0.3, 0.4) is 0 Å². The van der Waals surface area contributed by atoms with Gasteiger partial charge in [0, 0.05) is 0 Å². The lowest BCUT2D eigenvalue weighted by Crippen LogP contribution is -2.26. The van der Waals surface area contributed by atoms with Gasteiger partial charge in [0.1, 0.15) is 0 Å². The number of hydrogen-bond acceptors (Lipinski definition) is 1. The molecule has 39 heavy (non-hydrogen) atoms. The lowest BCUT2D eigenvalue weighted by molar-refractivity contribution is 0.255. The van der Waals surface area contributed by atoms with E-state index in [1.807, 2.05) is 0 Å². The number of hydrogen-bond donors (Lipinski definition) is 0. The van der Waals surface area contributed by atoms with E-state index in [-0.39, 0.29) is 0 Å². The van der Waals surface area contributed by atoms with Gasteiger partial charge in [0.05, 0.1) is 0 Å². The van der Waals surface area contributed by atoms with Crippen molar-refractivity contribution in [3.05, 3.63) is 0 Å². The zero-order valence-electron chi connectivity index (χ0n) is 28.8. The third-order valence-electron chi connectivity index (χ3n) is 9.48. The molecule has 0 rings (SSSR count). The van der Waals surface area contributed by atoms with E-state index in [0.29, 0.717) is 0 Å². The molecule has 1 nitrogen and oxygen atoms in total. The highest BCUT2D eigenvalue weighted by Gasteiger charge is 2.10. The fourth-order valence-corrected chi connectivity index (χ4v) is 6.30. The molecule has 0 saturated heterocycles. The highest BCUT2D eigenvalue weighted by Crippen LogP contribution is 2.23. The second kappa shape index (κ2) is 29.5. The second-order valence-electron chi connectivity index (χ2n) is 14.3. The van der Waals surface area contributed by atoms with Gasteiger partial charge in [0.25, 0.3) is 0 Å². The van der Waals surface area contributed by atoms with E-state index in [4.69, 9.17) is 0 Å². The SMILES string of the molecule is CCCCCCCCCCCCCCCCN(CC)CCC(C)CCCC(C)CCCC(C)CCCC(C)C. The normalized spacial score (nSPS) is 14.4. The molecule has 0 aromatic carbocycles. The van der Waals surface area contributed by atoms with Gasteiger partial charge in [-0.25, -0.2) is 0 Å². The molecular weight excluding hydrogens is 470 g/mol. The van der Waals surface area contributed by atoms with E-state index in [9.17, 15) is 0 Å². The third kappa shape index (κ3) is 29.3. The second-order valence-corrected chi connectivity index (χ2v) is 14.3. The van der Waals surface area contributed by atoms with Crippen molar-refractivity contribution in [2.45, 2.75) is 203 Å². The molecule has 236 valence electrons. The lowest BCUT2D eigenvalue weighted by atomic mass is 9.90. The molecule has 0 fully saturated rings. The van der Waals surface area contributed by atoms with Crippen LogP contribution in [0.1, 0.15) is 203 Å². The smallest absolute Gasteiger partial charge is 0.00163 e. The number of unbranched alkanes of at least 4 members (excludes halogenated alkanes) is 13.